The Labute approximate surface area is 231 Å². The third-order valence-electron chi connectivity index (χ3n) is 7.92. The summed E-state index contributed by atoms with van der Waals surface area (Å²) in [6, 6.07) is 0. The topological polar surface area (TPSA) is 57.1 Å². The second-order valence-corrected chi connectivity index (χ2v) is 11.7. The Morgan fingerprint density at radius 1 is 0.571 bits per heavy atom. The van der Waals surface area contributed by atoms with Gasteiger partial charge in [0.2, 0.25) is 5.72 Å². The maximum atomic E-state index is 11.6. The van der Waals surface area contributed by atoms with Gasteiger partial charge in [-0.3, -0.25) is 5.32 Å². The van der Waals surface area contributed by atoms with Gasteiger partial charge in [0.15, 0.2) is 6.23 Å². The van der Waals surface area contributed by atoms with Crippen molar-refractivity contribution in [3.8, 4) is 0 Å². The van der Waals surface area contributed by atoms with Crippen molar-refractivity contribution in [3.63, 3.8) is 0 Å². The molecule has 0 aromatic carbocycles. The molecule has 214 valence electrons. The van der Waals surface area contributed by atoms with Crippen LogP contribution in [0.3, 0.4) is 0 Å². The first-order valence-corrected chi connectivity index (χ1v) is 15.6. The third kappa shape index (κ3) is 22.1. The lowest BCUT2D eigenvalue weighted by Gasteiger charge is -2.34. The van der Waals surface area contributed by atoms with Crippen LogP contribution in [0.15, 0.2) is 0 Å². The van der Waals surface area contributed by atoms with Gasteiger partial charge in [-0.15, -0.1) is 0 Å². The average Bonchev–Trinajstić information content (AvgIpc) is 2.81. The van der Waals surface area contributed by atoms with Crippen LogP contribution in [-0.2, 0) is 0 Å². The van der Waals surface area contributed by atoms with Gasteiger partial charge in [0.25, 0.3) is 0 Å². The lowest BCUT2D eigenvalue weighted by molar-refractivity contribution is -0.831. The molecule has 35 heavy (non-hydrogen) atoms. The Hall–Kier alpha value is 0.360. The zero-order valence-electron chi connectivity index (χ0n) is 24.6. The van der Waals surface area contributed by atoms with E-state index in [2.05, 4.69) is 20.8 Å². The zero-order chi connectivity index (χ0) is 25.5. The molecule has 0 heterocycles. The molecule has 0 aliphatic rings. The van der Waals surface area contributed by atoms with Crippen molar-refractivity contribution in [1.82, 2.24) is 0 Å². The van der Waals surface area contributed by atoms with Gasteiger partial charge in [0.05, 0.1) is 0 Å². The first-order valence-electron chi connectivity index (χ1n) is 15.6. The first-order chi connectivity index (χ1) is 16.4. The van der Waals surface area contributed by atoms with E-state index in [-0.39, 0.29) is 28.8 Å². The van der Waals surface area contributed by atoms with Crippen LogP contribution in [0, 0.1) is 11.8 Å². The highest BCUT2D eigenvalue weighted by Gasteiger charge is 2.39. The fraction of sp³-hybridized carbons (Fsp3) is 1.00. The summed E-state index contributed by atoms with van der Waals surface area (Å²) < 4.78 is 0. The molecular weight excluding hydrogens is 498 g/mol. The van der Waals surface area contributed by atoms with Crippen LogP contribution in [0.5, 0.6) is 0 Å². The molecule has 4 N–H and O–H groups in total. The lowest BCUT2D eigenvalue weighted by atomic mass is 9.86. The summed E-state index contributed by atoms with van der Waals surface area (Å²) in [5.74, 6) is 0.372. The Morgan fingerprint density at radius 3 is 1.29 bits per heavy atom. The van der Waals surface area contributed by atoms with Crippen LogP contribution in [0.1, 0.15) is 176 Å². The van der Waals surface area contributed by atoms with Crippen molar-refractivity contribution in [1.29, 1.82) is 0 Å². The number of unbranched alkanes of at least 4 members (excludes halogenated alkanes) is 18. The Balaban J connectivity index is 0. The molecule has 0 saturated carbocycles. The minimum Gasteiger partial charge on any atom is -1.00 e. The lowest BCUT2D eigenvalue weighted by Crippen LogP contribution is -3.03. The molecule has 0 rings (SSSR count). The number of hydrogen-bond acceptors (Lipinski definition) is 2. The summed E-state index contributed by atoms with van der Waals surface area (Å²) in [5, 5.41) is 23.9. The molecule has 0 fully saturated rings. The number of halogens is 1. The molecular formula is C31H66BrNO2. The molecule has 0 amide bonds. The molecule has 0 aliphatic heterocycles. The van der Waals surface area contributed by atoms with E-state index >= 15 is 0 Å². The SMILES string of the molecule is CCCCCCCCCCCCC(C)C(O)(CCCCCCCCCCCC)[NH2+]C(O)C(C)C.[Br-]. The van der Waals surface area contributed by atoms with Crippen molar-refractivity contribution >= 4 is 0 Å². The third-order valence-corrected chi connectivity index (χ3v) is 7.92. The van der Waals surface area contributed by atoms with Gasteiger partial charge in [-0.25, -0.2) is 0 Å². The summed E-state index contributed by atoms with van der Waals surface area (Å²) in [6.45, 7) is 10.8. The fourth-order valence-electron chi connectivity index (χ4n) is 5.07. The molecule has 0 saturated heterocycles. The zero-order valence-corrected chi connectivity index (χ0v) is 26.2. The number of rotatable bonds is 26. The monoisotopic (exact) mass is 563 g/mol. The summed E-state index contributed by atoms with van der Waals surface area (Å²) in [5.41, 5.74) is -0.830. The number of nitrogens with two attached hydrogens (primary N) is 1. The molecule has 0 aromatic rings. The van der Waals surface area contributed by atoms with Crippen LogP contribution in [-0.4, -0.2) is 22.2 Å². The van der Waals surface area contributed by atoms with E-state index in [1.807, 2.05) is 19.2 Å². The van der Waals surface area contributed by atoms with E-state index in [0.29, 0.717) is 0 Å². The maximum Gasteiger partial charge on any atom is 0.202 e. The summed E-state index contributed by atoms with van der Waals surface area (Å²) in [4.78, 5) is 0. The molecule has 3 atom stereocenters. The van der Waals surface area contributed by atoms with Gasteiger partial charge in [0.1, 0.15) is 0 Å². The molecule has 0 aromatic heterocycles. The van der Waals surface area contributed by atoms with Gasteiger partial charge in [-0.2, -0.15) is 0 Å². The minimum atomic E-state index is -0.830. The number of aliphatic hydroxyl groups is 2. The van der Waals surface area contributed by atoms with Gasteiger partial charge < -0.3 is 27.2 Å². The predicted molar refractivity (Wildman–Crippen MR) is 150 cm³/mol. The highest BCUT2D eigenvalue weighted by atomic mass is 79.9. The van der Waals surface area contributed by atoms with E-state index in [1.54, 1.807) is 0 Å². The number of aliphatic hydroxyl groups excluding tert-OH is 1. The molecule has 0 bridgehead atoms. The number of hydrogen-bond donors (Lipinski definition) is 3. The second kappa shape index (κ2) is 26.0. The standard InChI is InChI=1S/C31H65NO2.BrH/c1-6-8-10-12-14-16-18-20-22-24-26-29(5)31(34,32-30(33)28(3)4)27-25-23-21-19-17-15-13-11-9-7-2;/h28-30,32-34H,6-27H2,1-5H3;1H. The van der Waals surface area contributed by atoms with Crippen molar-refractivity contribution in [2.45, 2.75) is 188 Å². The Kier molecular flexibility index (Phi) is 27.9. The Morgan fingerprint density at radius 2 is 0.914 bits per heavy atom. The molecule has 0 radical (unpaired) electrons. The van der Waals surface area contributed by atoms with Crippen LogP contribution in [0.25, 0.3) is 0 Å². The molecule has 4 heteroatoms. The van der Waals surface area contributed by atoms with Crippen LogP contribution in [0.2, 0.25) is 0 Å². The van der Waals surface area contributed by atoms with Crippen LogP contribution >= 0.6 is 0 Å². The van der Waals surface area contributed by atoms with E-state index in [1.165, 1.54) is 122 Å². The van der Waals surface area contributed by atoms with E-state index in [4.69, 9.17) is 0 Å². The summed E-state index contributed by atoms with van der Waals surface area (Å²) in [6.07, 6.45) is 27.9. The Bertz CT molecular complexity index is 421. The van der Waals surface area contributed by atoms with Gasteiger partial charge >= 0.3 is 0 Å². The quantitative estimate of drug-likeness (QED) is 0.0964. The van der Waals surface area contributed by atoms with Crippen molar-refractivity contribution in [2.75, 3.05) is 0 Å². The van der Waals surface area contributed by atoms with Gasteiger partial charge in [-0.1, -0.05) is 157 Å². The van der Waals surface area contributed by atoms with Crippen LogP contribution in [0.4, 0.5) is 0 Å². The minimum absolute atomic E-state index is 0. The van der Waals surface area contributed by atoms with Gasteiger partial charge in [-0.05, 0) is 12.8 Å². The molecule has 0 spiro atoms. The van der Waals surface area contributed by atoms with E-state index in [0.717, 1.165) is 19.3 Å². The highest BCUT2D eigenvalue weighted by molar-refractivity contribution is 4.73. The van der Waals surface area contributed by atoms with Crippen molar-refractivity contribution in [2.24, 2.45) is 11.8 Å². The molecule has 3 unspecified atom stereocenters. The fourth-order valence-corrected chi connectivity index (χ4v) is 5.07. The van der Waals surface area contributed by atoms with E-state index < -0.39 is 12.0 Å². The molecule has 0 aliphatic carbocycles. The smallest absolute Gasteiger partial charge is 0.202 e. The van der Waals surface area contributed by atoms with Gasteiger partial charge in [0, 0.05) is 18.3 Å². The average molecular weight is 565 g/mol. The number of quaternary nitrogens is 1. The van der Waals surface area contributed by atoms with Crippen molar-refractivity contribution in [3.05, 3.63) is 0 Å². The normalized spacial score (nSPS) is 15.1. The van der Waals surface area contributed by atoms with E-state index in [9.17, 15) is 10.2 Å². The predicted octanol–water partition coefficient (Wildman–Crippen LogP) is 5.47. The highest BCUT2D eigenvalue weighted by Crippen LogP contribution is 2.25. The van der Waals surface area contributed by atoms with Crippen molar-refractivity contribution < 1.29 is 32.5 Å². The molecule has 3 nitrogen and oxygen atoms in total. The summed E-state index contributed by atoms with van der Waals surface area (Å²) in [7, 11) is 0. The second-order valence-electron chi connectivity index (χ2n) is 11.7. The maximum absolute atomic E-state index is 11.6. The first kappa shape index (κ1) is 37.5. The summed E-state index contributed by atoms with van der Waals surface area (Å²) >= 11 is 0. The largest absolute Gasteiger partial charge is 1.00 e. The van der Waals surface area contributed by atoms with Crippen LogP contribution < -0.4 is 22.3 Å².